The largest absolute Gasteiger partial charge is 0.455 e. The highest BCUT2D eigenvalue weighted by Gasteiger charge is 2.23. The van der Waals surface area contributed by atoms with E-state index in [4.69, 9.17) is 4.42 Å². The van der Waals surface area contributed by atoms with Gasteiger partial charge < -0.3 is 4.42 Å². The third-order valence-corrected chi connectivity index (χ3v) is 7.81. The summed E-state index contributed by atoms with van der Waals surface area (Å²) in [6.07, 6.45) is 1.26. The van der Waals surface area contributed by atoms with Gasteiger partial charge in [0.15, 0.2) is 0 Å². The molecule has 0 aliphatic heterocycles. The molecule has 0 saturated heterocycles. The van der Waals surface area contributed by atoms with Crippen molar-refractivity contribution in [2.45, 2.75) is 52.4 Å². The second kappa shape index (κ2) is 9.66. The minimum absolute atomic E-state index is 0.0900. The number of rotatable bonds is 3. The molecule has 4 aromatic carbocycles. The van der Waals surface area contributed by atoms with E-state index in [9.17, 15) is 4.39 Å². The summed E-state index contributed by atoms with van der Waals surface area (Å²) in [5, 5.41) is 1.68. The van der Waals surface area contributed by atoms with Gasteiger partial charge in [-0.2, -0.15) is 0 Å². The van der Waals surface area contributed by atoms with Crippen LogP contribution in [0, 0.1) is 11.6 Å². The molecule has 2 heterocycles. The number of aromatic nitrogens is 1. The number of furan rings is 1. The zero-order valence-electron chi connectivity index (χ0n) is 24.3. The molecule has 0 fully saturated rings. The maximum Gasteiger partial charge on any atom is 0.146 e. The van der Waals surface area contributed by atoms with Crippen LogP contribution in [0.15, 0.2) is 95.5 Å². The average molecular weight is 546 g/mol. The molecular weight excluding hydrogens is 512 g/mol. The Labute approximate surface area is 239 Å². The van der Waals surface area contributed by atoms with E-state index < -0.39 is 0 Å². The predicted molar refractivity (Wildman–Crippen MR) is 165 cm³/mol. The Kier molecular flexibility index (Phi) is 6.33. The van der Waals surface area contributed by atoms with Gasteiger partial charge in [-0.05, 0) is 62.9 Å². The van der Waals surface area contributed by atoms with Crippen LogP contribution in [0.1, 0.15) is 52.7 Å². The summed E-state index contributed by atoms with van der Waals surface area (Å²) >= 11 is 0. The van der Waals surface area contributed by atoms with Crippen LogP contribution >= 0.6 is 0 Å². The van der Waals surface area contributed by atoms with Crippen LogP contribution in [0.25, 0.3) is 55.4 Å². The van der Waals surface area contributed by atoms with E-state index >= 15 is 4.39 Å². The monoisotopic (exact) mass is 545 g/mol. The third-order valence-electron chi connectivity index (χ3n) is 7.81. The molecule has 2 aromatic heterocycles. The van der Waals surface area contributed by atoms with Gasteiger partial charge in [-0.3, -0.25) is 4.98 Å². The van der Waals surface area contributed by atoms with Crippen molar-refractivity contribution in [2.24, 2.45) is 0 Å². The maximum atomic E-state index is 15.5. The number of para-hydroxylation sites is 1. The van der Waals surface area contributed by atoms with Crippen LogP contribution in [0.3, 0.4) is 0 Å². The fraction of sp³-hybridized carbons (Fsp3) is 0.216. The van der Waals surface area contributed by atoms with Crippen molar-refractivity contribution < 1.29 is 13.2 Å². The molecule has 0 saturated carbocycles. The zero-order valence-corrected chi connectivity index (χ0v) is 24.3. The van der Waals surface area contributed by atoms with Crippen LogP contribution < -0.4 is 0 Å². The highest BCUT2D eigenvalue weighted by Crippen LogP contribution is 2.41. The zero-order chi connectivity index (χ0) is 29.1. The minimum atomic E-state index is -0.388. The summed E-state index contributed by atoms with van der Waals surface area (Å²) in [5.41, 5.74) is 7.32. The lowest BCUT2D eigenvalue weighted by atomic mass is 9.86. The summed E-state index contributed by atoms with van der Waals surface area (Å²) in [6.45, 7) is 12.5. The number of halogens is 2. The molecule has 0 amide bonds. The molecule has 0 aliphatic carbocycles. The van der Waals surface area contributed by atoms with E-state index in [-0.39, 0.29) is 22.5 Å². The van der Waals surface area contributed by atoms with E-state index in [0.717, 1.165) is 33.0 Å². The Morgan fingerprint density at radius 1 is 0.610 bits per heavy atom. The summed E-state index contributed by atoms with van der Waals surface area (Å²) < 4.78 is 36.5. The molecule has 0 radical (unpaired) electrons. The van der Waals surface area contributed by atoms with Crippen molar-refractivity contribution in [1.29, 1.82) is 0 Å². The second-order valence-corrected chi connectivity index (χ2v) is 12.8. The van der Waals surface area contributed by atoms with Gasteiger partial charge in [0, 0.05) is 16.3 Å². The van der Waals surface area contributed by atoms with Gasteiger partial charge in [-0.25, -0.2) is 8.78 Å². The fourth-order valence-corrected chi connectivity index (χ4v) is 5.46. The van der Waals surface area contributed by atoms with E-state index in [1.54, 1.807) is 12.1 Å². The van der Waals surface area contributed by atoms with Crippen molar-refractivity contribution >= 4 is 21.9 Å². The van der Waals surface area contributed by atoms with E-state index in [2.05, 4.69) is 50.0 Å². The van der Waals surface area contributed by atoms with Crippen molar-refractivity contribution in [3.05, 3.63) is 114 Å². The quantitative estimate of drug-likeness (QED) is 0.221. The van der Waals surface area contributed by atoms with Gasteiger partial charge in [-0.1, -0.05) is 102 Å². The molecule has 0 bridgehead atoms. The molecule has 0 atom stereocenters. The van der Waals surface area contributed by atoms with Crippen LogP contribution in [-0.2, 0) is 10.8 Å². The molecular formula is C37H33F2NO. The first-order chi connectivity index (χ1) is 19.4. The topological polar surface area (TPSA) is 26.0 Å². The Balaban J connectivity index is 1.46. The SMILES string of the molecule is CC(C)(C)c1ccc(-c2ccc(-c3c(F)ccc4c3oc3c(-c5cc(C(C)(C)C)c(F)cn5)cccc34)cc2)cc1. The molecule has 0 unspecified atom stereocenters. The third kappa shape index (κ3) is 4.82. The van der Waals surface area contributed by atoms with Crippen LogP contribution in [-0.4, -0.2) is 4.98 Å². The van der Waals surface area contributed by atoms with Crippen molar-refractivity contribution in [3.63, 3.8) is 0 Å². The summed E-state index contributed by atoms with van der Waals surface area (Å²) in [6, 6.07) is 27.3. The maximum absolute atomic E-state index is 15.5. The molecule has 2 nitrogen and oxygen atoms in total. The number of benzene rings is 4. The molecule has 0 N–H and O–H groups in total. The van der Waals surface area contributed by atoms with Crippen molar-refractivity contribution in [2.75, 3.05) is 0 Å². The second-order valence-electron chi connectivity index (χ2n) is 12.8. The van der Waals surface area contributed by atoms with Gasteiger partial charge in [-0.15, -0.1) is 0 Å². The molecule has 0 aliphatic rings. The normalized spacial score (nSPS) is 12.4. The Morgan fingerprint density at radius 2 is 1.22 bits per heavy atom. The summed E-state index contributed by atoms with van der Waals surface area (Å²) in [5.74, 6) is -0.689. The summed E-state index contributed by atoms with van der Waals surface area (Å²) in [4.78, 5) is 4.39. The molecule has 41 heavy (non-hydrogen) atoms. The molecule has 6 aromatic rings. The first-order valence-corrected chi connectivity index (χ1v) is 13.9. The van der Waals surface area contributed by atoms with Gasteiger partial charge in [0.25, 0.3) is 0 Å². The fourth-order valence-electron chi connectivity index (χ4n) is 5.46. The number of nitrogens with zero attached hydrogens (tertiary/aromatic N) is 1. The predicted octanol–water partition coefficient (Wildman–Crippen LogP) is 10.9. The number of hydrogen-bond acceptors (Lipinski definition) is 2. The minimum Gasteiger partial charge on any atom is -0.455 e. The Morgan fingerprint density at radius 3 is 1.85 bits per heavy atom. The lowest BCUT2D eigenvalue weighted by Crippen LogP contribution is -2.14. The first kappa shape index (κ1) is 26.9. The number of fused-ring (bicyclic) bond motifs is 3. The lowest BCUT2D eigenvalue weighted by molar-refractivity contribution is 0.519. The van der Waals surface area contributed by atoms with Gasteiger partial charge in [0.1, 0.15) is 22.8 Å². The standard InChI is InChI=1S/C37H33F2NO/c1-36(2,3)25-16-14-23(15-17-25)22-10-12-24(13-11-22)33-30(38)19-18-27-26-8-7-9-28(34(26)41-35(27)33)32-20-29(37(4,5)6)31(39)21-40-32/h7-21H,1-6H3. The van der Waals surface area contributed by atoms with E-state index in [1.165, 1.54) is 17.8 Å². The van der Waals surface area contributed by atoms with Gasteiger partial charge in [0.2, 0.25) is 0 Å². The molecule has 206 valence electrons. The van der Waals surface area contributed by atoms with E-state index in [0.29, 0.717) is 28.0 Å². The number of pyridine rings is 1. The van der Waals surface area contributed by atoms with Crippen LogP contribution in [0.5, 0.6) is 0 Å². The van der Waals surface area contributed by atoms with Crippen molar-refractivity contribution in [1.82, 2.24) is 4.98 Å². The van der Waals surface area contributed by atoms with Crippen molar-refractivity contribution in [3.8, 4) is 33.5 Å². The van der Waals surface area contributed by atoms with E-state index in [1.807, 2.05) is 63.2 Å². The molecule has 4 heteroatoms. The average Bonchev–Trinajstić information content (AvgIpc) is 3.31. The first-order valence-electron chi connectivity index (χ1n) is 13.9. The molecule has 0 spiro atoms. The van der Waals surface area contributed by atoms with Gasteiger partial charge in [0.05, 0.1) is 17.5 Å². The molecule has 6 rings (SSSR count). The van der Waals surface area contributed by atoms with Crippen LogP contribution in [0.4, 0.5) is 8.78 Å². The Bertz CT molecular complexity index is 1900. The number of hydrogen-bond donors (Lipinski definition) is 0. The van der Waals surface area contributed by atoms with Crippen LogP contribution in [0.2, 0.25) is 0 Å². The summed E-state index contributed by atoms with van der Waals surface area (Å²) in [7, 11) is 0. The lowest BCUT2D eigenvalue weighted by Gasteiger charge is -2.20. The smallest absolute Gasteiger partial charge is 0.146 e. The highest BCUT2D eigenvalue weighted by molar-refractivity contribution is 6.13. The Hall–Kier alpha value is -4.31. The highest BCUT2D eigenvalue weighted by atomic mass is 19.1. The van der Waals surface area contributed by atoms with Gasteiger partial charge >= 0.3 is 0 Å².